The van der Waals surface area contributed by atoms with Gasteiger partial charge in [0.15, 0.2) is 0 Å². The molecule has 1 fully saturated rings. The molecular formula is C24H25FN4O3. The number of carbonyl (C=O) groups excluding carboxylic acids is 2. The lowest BCUT2D eigenvalue weighted by Gasteiger charge is -2.37. The Morgan fingerprint density at radius 1 is 1.09 bits per heavy atom. The zero-order chi connectivity index (χ0) is 22.5. The molecule has 4 rings (SSSR count). The van der Waals surface area contributed by atoms with Crippen LogP contribution in [0.4, 0.5) is 10.1 Å². The van der Waals surface area contributed by atoms with E-state index < -0.39 is 18.6 Å². The van der Waals surface area contributed by atoms with E-state index in [4.69, 9.17) is 0 Å². The third kappa shape index (κ3) is 4.81. The van der Waals surface area contributed by atoms with Crippen LogP contribution in [0.15, 0.2) is 60.8 Å². The maximum Gasteiger partial charge on any atom is 0.247 e. The van der Waals surface area contributed by atoms with Gasteiger partial charge in [0.05, 0.1) is 6.61 Å². The van der Waals surface area contributed by atoms with Gasteiger partial charge in [0.1, 0.15) is 11.9 Å². The molecule has 2 aromatic carbocycles. The maximum atomic E-state index is 13.1. The number of halogens is 1. The lowest BCUT2D eigenvalue weighted by molar-refractivity contribution is -0.137. The second-order valence-corrected chi connectivity index (χ2v) is 7.66. The third-order valence-electron chi connectivity index (χ3n) is 5.62. The molecule has 2 heterocycles. The Bertz CT molecular complexity index is 1120. The van der Waals surface area contributed by atoms with Crippen LogP contribution in [0.2, 0.25) is 0 Å². The van der Waals surface area contributed by atoms with E-state index in [2.05, 4.69) is 15.2 Å². The van der Waals surface area contributed by atoms with Crippen LogP contribution in [-0.2, 0) is 9.59 Å². The third-order valence-corrected chi connectivity index (χ3v) is 5.62. The van der Waals surface area contributed by atoms with Gasteiger partial charge in [-0.2, -0.15) is 0 Å². The molecule has 3 N–H and O–H groups in total. The minimum Gasteiger partial charge on any atom is -0.394 e. The summed E-state index contributed by atoms with van der Waals surface area (Å²) in [5.74, 6) is -1.06. The predicted molar refractivity (Wildman–Crippen MR) is 122 cm³/mol. The Balaban J connectivity index is 1.32. The zero-order valence-electron chi connectivity index (χ0n) is 17.5. The van der Waals surface area contributed by atoms with Crippen molar-refractivity contribution in [2.45, 2.75) is 6.04 Å². The SMILES string of the molecule is O=C(C=Cc1c[nH]c2ccccc12)NC(CO)C(=O)N1CCN(c2ccc(F)cc2)CC1. The highest BCUT2D eigenvalue weighted by Crippen LogP contribution is 2.19. The van der Waals surface area contributed by atoms with Crippen molar-refractivity contribution < 1.29 is 19.1 Å². The molecule has 0 saturated carbocycles. The summed E-state index contributed by atoms with van der Waals surface area (Å²) < 4.78 is 13.1. The first kappa shape index (κ1) is 21.6. The number of nitrogens with zero attached hydrogens (tertiary/aromatic N) is 2. The minimum absolute atomic E-state index is 0.289. The number of piperazine rings is 1. The molecule has 0 bridgehead atoms. The standard InChI is InChI=1S/C24H25FN4O3/c25-18-6-8-19(9-7-18)28-11-13-29(14-12-28)24(32)22(16-30)27-23(31)10-5-17-15-26-21-4-2-1-3-20(17)21/h1-10,15,22,26,30H,11-14,16H2,(H,27,31). The van der Waals surface area contributed by atoms with Gasteiger partial charge in [0, 0.05) is 55.0 Å². The Morgan fingerprint density at radius 2 is 1.81 bits per heavy atom. The van der Waals surface area contributed by atoms with Gasteiger partial charge in [-0.25, -0.2) is 4.39 Å². The van der Waals surface area contributed by atoms with Crippen molar-refractivity contribution in [1.82, 2.24) is 15.2 Å². The number of aliphatic hydroxyl groups is 1. The topological polar surface area (TPSA) is 88.7 Å². The van der Waals surface area contributed by atoms with E-state index in [9.17, 15) is 19.1 Å². The molecule has 166 valence electrons. The van der Waals surface area contributed by atoms with Crippen LogP contribution in [0.1, 0.15) is 5.56 Å². The molecule has 1 aliphatic heterocycles. The van der Waals surface area contributed by atoms with Gasteiger partial charge in [-0.15, -0.1) is 0 Å². The van der Waals surface area contributed by atoms with E-state index in [0.717, 1.165) is 22.2 Å². The molecule has 7 nitrogen and oxygen atoms in total. The summed E-state index contributed by atoms with van der Waals surface area (Å²) in [5.41, 5.74) is 2.73. The van der Waals surface area contributed by atoms with Crippen LogP contribution in [-0.4, -0.2) is 65.6 Å². The molecule has 0 radical (unpaired) electrons. The van der Waals surface area contributed by atoms with Gasteiger partial charge < -0.3 is 25.2 Å². The predicted octanol–water partition coefficient (Wildman–Crippen LogP) is 2.15. The number of carbonyl (C=O) groups is 2. The minimum atomic E-state index is -1.01. The number of hydrogen-bond donors (Lipinski definition) is 3. The second-order valence-electron chi connectivity index (χ2n) is 7.66. The first-order valence-electron chi connectivity index (χ1n) is 10.5. The molecule has 8 heteroatoms. The summed E-state index contributed by atoms with van der Waals surface area (Å²) >= 11 is 0. The highest BCUT2D eigenvalue weighted by atomic mass is 19.1. The normalized spacial score (nSPS) is 15.3. The van der Waals surface area contributed by atoms with Gasteiger partial charge in [-0.1, -0.05) is 18.2 Å². The first-order chi connectivity index (χ1) is 15.5. The summed E-state index contributed by atoms with van der Waals surface area (Å²) in [6, 6.07) is 13.0. The lowest BCUT2D eigenvalue weighted by atomic mass is 10.1. The van der Waals surface area contributed by atoms with E-state index >= 15 is 0 Å². The van der Waals surface area contributed by atoms with Crippen molar-refractivity contribution >= 4 is 34.5 Å². The highest BCUT2D eigenvalue weighted by molar-refractivity contribution is 5.98. The summed E-state index contributed by atoms with van der Waals surface area (Å²) in [7, 11) is 0. The average Bonchev–Trinajstić information content (AvgIpc) is 3.24. The Morgan fingerprint density at radius 3 is 2.53 bits per heavy atom. The van der Waals surface area contributed by atoms with Crippen LogP contribution in [0.5, 0.6) is 0 Å². The van der Waals surface area contributed by atoms with E-state index in [0.29, 0.717) is 26.2 Å². The fourth-order valence-electron chi connectivity index (χ4n) is 3.86. The van der Waals surface area contributed by atoms with E-state index in [1.165, 1.54) is 18.2 Å². The van der Waals surface area contributed by atoms with Crippen molar-refractivity contribution in [1.29, 1.82) is 0 Å². The summed E-state index contributed by atoms with van der Waals surface area (Å²) in [6.07, 6.45) is 4.84. The van der Waals surface area contributed by atoms with E-state index in [1.807, 2.05) is 30.5 Å². The lowest BCUT2D eigenvalue weighted by Crippen LogP contribution is -2.56. The molecule has 1 atom stereocenters. The average molecular weight is 436 g/mol. The summed E-state index contributed by atoms with van der Waals surface area (Å²) in [5, 5.41) is 13.3. The molecular weight excluding hydrogens is 411 g/mol. The fourth-order valence-corrected chi connectivity index (χ4v) is 3.86. The number of H-pyrrole nitrogens is 1. The van der Waals surface area contributed by atoms with E-state index in [1.54, 1.807) is 23.1 Å². The number of rotatable bonds is 6. The number of fused-ring (bicyclic) bond motifs is 1. The quantitative estimate of drug-likeness (QED) is 0.517. The Labute approximate surface area is 185 Å². The number of aromatic amines is 1. The van der Waals surface area contributed by atoms with Gasteiger partial charge in [-0.3, -0.25) is 9.59 Å². The van der Waals surface area contributed by atoms with Crippen LogP contribution >= 0.6 is 0 Å². The fraction of sp³-hybridized carbons (Fsp3) is 0.250. The van der Waals surface area contributed by atoms with Gasteiger partial charge in [0.2, 0.25) is 11.8 Å². The largest absolute Gasteiger partial charge is 0.394 e. The smallest absolute Gasteiger partial charge is 0.247 e. The summed E-state index contributed by atoms with van der Waals surface area (Å²) in [4.78, 5) is 32.0. The molecule has 1 aromatic heterocycles. The van der Waals surface area contributed by atoms with Gasteiger partial charge >= 0.3 is 0 Å². The summed E-state index contributed by atoms with van der Waals surface area (Å²) in [6.45, 7) is 1.60. The molecule has 1 saturated heterocycles. The van der Waals surface area contributed by atoms with Crippen molar-refractivity contribution in [2.75, 3.05) is 37.7 Å². The number of nitrogens with one attached hydrogen (secondary N) is 2. The van der Waals surface area contributed by atoms with Crippen molar-refractivity contribution in [3.05, 3.63) is 72.2 Å². The molecule has 32 heavy (non-hydrogen) atoms. The van der Waals surface area contributed by atoms with Crippen LogP contribution in [0.25, 0.3) is 17.0 Å². The molecule has 0 spiro atoms. The van der Waals surface area contributed by atoms with Crippen LogP contribution < -0.4 is 10.2 Å². The van der Waals surface area contributed by atoms with Crippen molar-refractivity contribution in [2.24, 2.45) is 0 Å². The highest BCUT2D eigenvalue weighted by Gasteiger charge is 2.28. The number of aromatic nitrogens is 1. The van der Waals surface area contributed by atoms with Gasteiger partial charge in [-0.05, 0) is 42.0 Å². The molecule has 0 aliphatic carbocycles. The number of hydrogen-bond acceptors (Lipinski definition) is 4. The van der Waals surface area contributed by atoms with Crippen molar-refractivity contribution in [3.63, 3.8) is 0 Å². The van der Waals surface area contributed by atoms with Crippen LogP contribution in [0.3, 0.4) is 0 Å². The molecule has 3 aromatic rings. The Hall–Kier alpha value is -3.65. The number of para-hydroxylation sites is 1. The number of amides is 2. The monoisotopic (exact) mass is 436 g/mol. The first-order valence-corrected chi connectivity index (χ1v) is 10.5. The molecule has 1 aliphatic rings. The molecule has 2 amide bonds. The van der Waals surface area contributed by atoms with E-state index in [-0.39, 0.29) is 11.7 Å². The number of aliphatic hydroxyl groups excluding tert-OH is 1. The zero-order valence-corrected chi connectivity index (χ0v) is 17.5. The number of benzene rings is 2. The van der Waals surface area contributed by atoms with Gasteiger partial charge in [0.25, 0.3) is 0 Å². The number of anilines is 1. The second kappa shape index (κ2) is 9.65. The Kier molecular flexibility index (Phi) is 6.51. The molecule has 1 unspecified atom stereocenters. The maximum absolute atomic E-state index is 13.1. The van der Waals surface area contributed by atoms with Crippen molar-refractivity contribution in [3.8, 4) is 0 Å². The van der Waals surface area contributed by atoms with Crippen LogP contribution in [0, 0.1) is 5.82 Å².